The summed E-state index contributed by atoms with van der Waals surface area (Å²) in [5, 5.41) is 3.06. The fraction of sp³-hybridized carbons (Fsp3) is 0.212. The molecule has 2 amide bonds. The molecule has 0 aliphatic rings. The highest BCUT2D eigenvalue weighted by molar-refractivity contribution is 9.10. The molecule has 0 aromatic heterocycles. The van der Waals surface area contributed by atoms with Crippen molar-refractivity contribution in [3.05, 3.63) is 129 Å². The van der Waals surface area contributed by atoms with Crippen LogP contribution in [0.1, 0.15) is 25.0 Å². The van der Waals surface area contributed by atoms with E-state index in [2.05, 4.69) is 21.2 Å². The van der Waals surface area contributed by atoms with E-state index in [1.807, 2.05) is 68.4 Å². The first kappa shape index (κ1) is 33.5. The second-order valence-electron chi connectivity index (χ2n) is 10.4. The minimum atomic E-state index is -4.29. The van der Waals surface area contributed by atoms with E-state index in [9.17, 15) is 18.0 Å². The van der Waals surface area contributed by atoms with Gasteiger partial charge < -0.3 is 10.2 Å². The zero-order valence-corrected chi connectivity index (χ0v) is 28.1. The van der Waals surface area contributed by atoms with Gasteiger partial charge in [-0.1, -0.05) is 106 Å². The van der Waals surface area contributed by atoms with Gasteiger partial charge >= 0.3 is 0 Å². The van der Waals surface area contributed by atoms with Gasteiger partial charge in [-0.2, -0.15) is 0 Å². The van der Waals surface area contributed by atoms with E-state index in [0.717, 1.165) is 19.9 Å². The molecule has 1 N–H and O–H groups in total. The summed E-state index contributed by atoms with van der Waals surface area (Å²) in [4.78, 5) is 29.6. The van der Waals surface area contributed by atoms with E-state index in [4.69, 9.17) is 23.2 Å². The van der Waals surface area contributed by atoms with Crippen LogP contribution in [0.25, 0.3) is 0 Å². The second kappa shape index (κ2) is 15.1. The largest absolute Gasteiger partial charge is 0.352 e. The van der Waals surface area contributed by atoms with Crippen LogP contribution in [0.4, 0.5) is 5.69 Å². The maximum absolute atomic E-state index is 14.4. The predicted octanol–water partition coefficient (Wildman–Crippen LogP) is 7.12. The van der Waals surface area contributed by atoms with Gasteiger partial charge in [-0.05, 0) is 61.4 Å². The zero-order valence-electron chi connectivity index (χ0n) is 24.2. The molecular weight excluding hydrogens is 685 g/mol. The Balaban J connectivity index is 1.82. The van der Waals surface area contributed by atoms with Crippen LogP contribution >= 0.6 is 39.1 Å². The highest BCUT2D eigenvalue weighted by Crippen LogP contribution is 2.35. The van der Waals surface area contributed by atoms with Gasteiger partial charge in [0.25, 0.3) is 10.0 Å². The average molecular weight is 718 g/mol. The number of halogens is 3. The monoisotopic (exact) mass is 715 g/mol. The van der Waals surface area contributed by atoms with Crippen molar-refractivity contribution in [2.24, 2.45) is 0 Å². The molecule has 1 atom stereocenters. The van der Waals surface area contributed by atoms with Crippen molar-refractivity contribution >= 4 is 66.7 Å². The second-order valence-corrected chi connectivity index (χ2v) is 14.0. The van der Waals surface area contributed by atoms with Crippen molar-refractivity contribution in [1.82, 2.24) is 10.2 Å². The van der Waals surface area contributed by atoms with Gasteiger partial charge in [0.05, 0.1) is 20.6 Å². The van der Waals surface area contributed by atoms with E-state index >= 15 is 0 Å². The molecule has 7 nitrogen and oxygen atoms in total. The summed E-state index contributed by atoms with van der Waals surface area (Å²) in [5.41, 5.74) is 1.65. The Morgan fingerprint density at radius 2 is 1.43 bits per heavy atom. The van der Waals surface area contributed by atoms with Gasteiger partial charge in [0.1, 0.15) is 12.6 Å². The van der Waals surface area contributed by atoms with Crippen molar-refractivity contribution in [3.63, 3.8) is 0 Å². The Labute approximate surface area is 277 Å². The molecule has 11 heteroatoms. The quantitative estimate of drug-likeness (QED) is 0.169. The number of anilines is 1. The lowest BCUT2D eigenvalue weighted by molar-refractivity contribution is -0.140. The SMILES string of the molecule is CC(C)NC(=O)[C@@H](Cc1ccccc1)N(Cc1ccc(Br)cc1)C(=O)CN(c1cccc(Cl)c1Cl)S(=O)(=O)c1ccccc1. The third kappa shape index (κ3) is 8.41. The number of nitrogens with one attached hydrogen (secondary N) is 1. The number of amides is 2. The lowest BCUT2D eigenvalue weighted by Crippen LogP contribution is -2.54. The molecule has 4 aromatic rings. The van der Waals surface area contributed by atoms with Crippen molar-refractivity contribution in [2.45, 2.75) is 43.8 Å². The molecule has 0 saturated heterocycles. The number of sulfonamides is 1. The molecule has 0 aliphatic carbocycles. The molecule has 4 aromatic carbocycles. The van der Waals surface area contributed by atoms with Crippen LogP contribution in [0.5, 0.6) is 0 Å². The van der Waals surface area contributed by atoms with Crippen LogP contribution in [0.2, 0.25) is 10.0 Å². The standard InChI is InChI=1S/C33H32BrCl2N3O4S/c1-23(2)37-33(41)30(20-24-10-5-3-6-11-24)38(21-25-16-18-26(34)19-17-25)31(40)22-39(29-15-9-14-28(35)32(29)36)44(42,43)27-12-7-4-8-13-27/h3-19,23,30H,20-22H2,1-2H3,(H,37,41)/t30-/m1/s1. The van der Waals surface area contributed by atoms with E-state index in [1.54, 1.807) is 24.3 Å². The number of carbonyl (C=O) groups is 2. The fourth-order valence-electron chi connectivity index (χ4n) is 4.64. The fourth-order valence-corrected chi connectivity index (χ4v) is 6.80. The van der Waals surface area contributed by atoms with Gasteiger partial charge in [-0.25, -0.2) is 8.42 Å². The number of nitrogens with zero attached hydrogens (tertiary/aromatic N) is 2. The summed E-state index contributed by atoms with van der Waals surface area (Å²) in [6.45, 7) is 3.10. The summed E-state index contributed by atoms with van der Waals surface area (Å²) in [6.07, 6.45) is 0.213. The van der Waals surface area contributed by atoms with Crippen LogP contribution < -0.4 is 9.62 Å². The molecule has 0 saturated carbocycles. The highest BCUT2D eigenvalue weighted by Gasteiger charge is 2.35. The molecular formula is C33H32BrCl2N3O4S. The van der Waals surface area contributed by atoms with E-state index in [0.29, 0.717) is 0 Å². The summed E-state index contributed by atoms with van der Waals surface area (Å²) in [5.74, 6) is -0.948. The molecule has 230 valence electrons. The molecule has 0 radical (unpaired) electrons. The third-order valence-electron chi connectivity index (χ3n) is 6.78. The Kier molecular flexibility index (Phi) is 11.5. The van der Waals surface area contributed by atoms with Gasteiger partial charge in [0.2, 0.25) is 11.8 Å². The summed E-state index contributed by atoms with van der Waals surface area (Å²) >= 11 is 16.3. The Hall–Kier alpha value is -3.37. The molecule has 0 fully saturated rings. The molecule has 0 unspecified atom stereocenters. The number of rotatable bonds is 12. The topological polar surface area (TPSA) is 86.8 Å². The van der Waals surface area contributed by atoms with Crippen molar-refractivity contribution in [3.8, 4) is 0 Å². The van der Waals surface area contributed by atoms with Crippen molar-refractivity contribution in [1.29, 1.82) is 0 Å². The highest BCUT2D eigenvalue weighted by atomic mass is 79.9. The van der Waals surface area contributed by atoms with Gasteiger partial charge in [-0.3, -0.25) is 13.9 Å². The molecule has 0 aliphatic heterocycles. The maximum atomic E-state index is 14.4. The minimum absolute atomic E-state index is 0.0145. The summed E-state index contributed by atoms with van der Waals surface area (Å²) in [6, 6.07) is 28.0. The number of benzene rings is 4. The average Bonchev–Trinajstić information content (AvgIpc) is 3.00. The van der Waals surface area contributed by atoms with E-state index < -0.39 is 28.5 Å². The van der Waals surface area contributed by atoms with Crippen LogP contribution in [0.15, 0.2) is 112 Å². The first-order valence-electron chi connectivity index (χ1n) is 13.9. The predicted molar refractivity (Wildman–Crippen MR) is 179 cm³/mol. The van der Waals surface area contributed by atoms with Gasteiger partial charge in [0, 0.05) is 23.5 Å². The smallest absolute Gasteiger partial charge is 0.264 e. The Bertz CT molecular complexity index is 1690. The lowest BCUT2D eigenvalue weighted by Gasteiger charge is -2.34. The summed E-state index contributed by atoms with van der Waals surface area (Å²) in [7, 11) is -4.29. The molecule has 0 bridgehead atoms. The van der Waals surface area contributed by atoms with Crippen LogP contribution in [-0.4, -0.2) is 43.8 Å². The normalized spacial score (nSPS) is 12.0. The van der Waals surface area contributed by atoms with Gasteiger partial charge in [-0.15, -0.1) is 0 Å². The lowest BCUT2D eigenvalue weighted by atomic mass is 10.0. The number of hydrogen-bond donors (Lipinski definition) is 1. The number of carbonyl (C=O) groups excluding carboxylic acids is 2. The first-order valence-corrected chi connectivity index (χ1v) is 16.9. The molecule has 0 spiro atoms. The number of hydrogen-bond acceptors (Lipinski definition) is 4. The Morgan fingerprint density at radius 3 is 2.05 bits per heavy atom. The van der Waals surface area contributed by atoms with Crippen molar-refractivity contribution in [2.75, 3.05) is 10.8 Å². The minimum Gasteiger partial charge on any atom is -0.352 e. The van der Waals surface area contributed by atoms with Crippen LogP contribution in [0, 0.1) is 0 Å². The van der Waals surface area contributed by atoms with Crippen LogP contribution in [0.3, 0.4) is 0 Å². The van der Waals surface area contributed by atoms with Gasteiger partial charge in [0.15, 0.2) is 0 Å². The first-order chi connectivity index (χ1) is 21.0. The van der Waals surface area contributed by atoms with E-state index in [1.165, 1.54) is 29.2 Å². The summed E-state index contributed by atoms with van der Waals surface area (Å²) < 4.78 is 29.9. The molecule has 44 heavy (non-hydrogen) atoms. The Morgan fingerprint density at radius 1 is 0.818 bits per heavy atom. The zero-order chi connectivity index (χ0) is 31.9. The van der Waals surface area contributed by atoms with E-state index in [-0.39, 0.29) is 45.5 Å². The van der Waals surface area contributed by atoms with Crippen molar-refractivity contribution < 1.29 is 18.0 Å². The maximum Gasteiger partial charge on any atom is 0.264 e. The van der Waals surface area contributed by atoms with Crippen LogP contribution in [-0.2, 0) is 32.6 Å². The molecule has 4 rings (SSSR count). The molecule has 0 heterocycles. The third-order valence-corrected chi connectivity index (χ3v) is 9.89.